The molecule has 20 heavy (non-hydrogen) atoms. The Balaban J connectivity index is 2.56. The molecule has 1 aromatic carbocycles. The summed E-state index contributed by atoms with van der Waals surface area (Å²) in [7, 11) is -1.99. The van der Waals surface area contributed by atoms with Crippen LogP contribution in [-0.2, 0) is 10.0 Å². The number of aliphatic hydroxyl groups excluding tert-OH is 1. The van der Waals surface area contributed by atoms with Gasteiger partial charge in [-0.25, -0.2) is 13.1 Å². The normalized spacial score (nSPS) is 15.4. The van der Waals surface area contributed by atoms with Gasteiger partial charge in [-0.15, -0.1) is 0 Å². The zero-order chi connectivity index (χ0) is 14.9. The highest BCUT2D eigenvalue weighted by atomic mass is 32.2. The molecule has 0 saturated heterocycles. The van der Waals surface area contributed by atoms with Crippen molar-refractivity contribution in [1.82, 2.24) is 4.72 Å². The average molecular weight is 299 g/mol. The van der Waals surface area contributed by atoms with E-state index in [0.717, 1.165) is 29.7 Å². The molecule has 0 spiro atoms. The monoisotopic (exact) mass is 299 g/mol. The summed E-state index contributed by atoms with van der Waals surface area (Å²) in [5, 5.41) is 8.80. The van der Waals surface area contributed by atoms with Gasteiger partial charge in [0.15, 0.2) is 0 Å². The quantitative estimate of drug-likeness (QED) is 0.834. The standard InChI is InChI=1S/C14H21NO4S/c1-9-8-12(19-3)13(11-4-5-11)10(2)14(9)20(17,18)15-6-7-16/h8,11,15-16H,4-7H2,1-3H3. The summed E-state index contributed by atoms with van der Waals surface area (Å²) < 4.78 is 32.5. The second-order valence-electron chi connectivity index (χ2n) is 5.16. The molecule has 1 fully saturated rings. The van der Waals surface area contributed by atoms with Crippen LogP contribution in [0.1, 0.15) is 35.4 Å². The molecule has 0 aliphatic heterocycles. The van der Waals surface area contributed by atoms with Gasteiger partial charge in [0.1, 0.15) is 5.75 Å². The number of ether oxygens (including phenoxy) is 1. The molecule has 2 rings (SSSR count). The van der Waals surface area contributed by atoms with E-state index in [1.165, 1.54) is 0 Å². The predicted octanol–water partition coefficient (Wildman–Crippen LogP) is 1.46. The Morgan fingerprint density at radius 3 is 2.55 bits per heavy atom. The van der Waals surface area contributed by atoms with E-state index >= 15 is 0 Å². The molecule has 1 aliphatic carbocycles. The fraction of sp³-hybridized carbons (Fsp3) is 0.571. The Hall–Kier alpha value is -1.11. The highest BCUT2D eigenvalue weighted by Crippen LogP contribution is 2.47. The lowest BCUT2D eigenvalue weighted by molar-refractivity contribution is 0.301. The van der Waals surface area contributed by atoms with Gasteiger partial charge >= 0.3 is 0 Å². The molecule has 0 unspecified atom stereocenters. The number of aliphatic hydroxyl groups is 1. The molecule has 0 amide bonds. The summed E-state index contributed by atoms with van der Waals surface area (Å²) in [6.45, 7) is 3.39. The van der Waals surface area contributed by atoms with E-state index in [-0.39, 0.29) is 13.2 Å². The zero-order valence-corrected chi connectivity index (χ0v) is 12.9. The fourth-order valence-corrected chi connectivity index (χ4v) is 4.16. The Kier molecular flexibility index (Phi) is 4.36. The molecule has 0 atom stereocenters. The Labute approximate surface area is 120 Å². The van der Waals surface area contributed by atoms with Crippen molar-refractivity contribution in [3.8, 4) is 5.75 Å². The average Bonchev–Trinajstić information content (AvgIpc) is 3.19. The van der Waals surface area contributed by atoms with Crippen LogP contribution in [0.3, 0.4) is 0 Å². The van der Waals surface area contributed by atoms with Gasteiger partial charge in [-0.05, 0) is 49.8 Å². The topological polar surface area (TPSA) is 75.6 Å². The molecule has 2 N–H and O–H groups in total. The van der Waals surface area contributed by atoms with Crippen LogP contribution in [0, 0.1) is 13.8 Å². The van der Waals surface area contributed by atoms with Gasteiger partial charge in [0.05, 0.1) is 18.6 Å². The first-order valence-corrected chi connectivity index (χ1v) is 8.19. The predicted molar refractivity (Wildman–Crippen MR) is 76.7 cm³/mol. The number of hydrogen-bond acceptors (Lipinski definition) is 4. The molecule has 1 aromatic rings. The number of hydrogen-bond donors (Lipinski definition) is 2. The fourth-order valence-electron chi connectivity index (χ4n) is 2.66. The number of aryl methyl sites for hydroxylation is 1. The van der Waals surface area contributed by atoms with Gasteiger partial charge in [0, 0.05) is 12.1 Å². The summed E-state index contributed by atoms with van der Waals surface area (Å²) in [4.78, 5) is 0.314. The largest absolute Gasteiger partial charge is 0.496 e. The summed E-state index contributed by atoms with van der Waals surface area (Å²) in [6.07, 6.45) is 2.15. The molecule has 0 heterocycles. The first kappa shape index (κ1) is 15.3. The minimum atomic E-state index is -3.60. The first-order valence-electron chi connectivity index (χ1n) is 6.71. The van der Waals surface area contributed by atoms with Crippen molar-refractivity contribution in [2.45, 2.75) is 37.5 Å². The van der Waals surface area contributed by atoms with Crippen LogP contribution in [0.4, 0.5) is 0 Å². The molecular weight excluding hydrogens is 278 g/mol. The second kappa shape index (κ2) is 5.71. The SMILES string of the molecule is COc1cc(C)c(S(=O)(=O)NCCO)c(C)c1C1CC1. The van der Waals surface area contributed by atoms with Crippen molar-refractivity contribution in [1.29, 1.82) is 0 Å². The Bertz CT molecular complexity index is 606. The molecule has 112 valence electrons. The highest BCUT2D eigenvalue weighted by molar-refractivity contribution is 7.89. The second-order valence-corrected chi connectivity index (χ2v) is 6.86. The number of rotatable bonds is 6. The molecule has 0 radical (unpaired) electrons. The van der Waals surface area contributed by atoms with E-state index in [2.05, 4.69) is 4.72 Å². The van der Waals surface area contributed by atoms with Crippen LogP contribution >= 0.6 is 0 Å². The van der Waals surface area contributed by atoms with Crippen molar-refractivity contribution < 1.29 is 18.3 Å². The van der Waals surface area contributed by atoms with Crippen LogP contribution in [0.5, 0.6) is 5.75 Å². The van der Waals surface area contributed by atoms with Crippen LogP contribution in [0.2, 0.25) is 0 Å². The van der Waals surface area contributed by atoms with E-state index in [0.29, 0.717) is 16.4 Å². The minimum Gasteiger partial charge on any atom is -0.496 e. The molecule has 1 aliphatic rings. The maximum absolute atomic E-state index is 12.4. The van der Waals surface area contributed by atoms with Crippen molar-refractivity contribution in [2.24, 2.45) is 0 Å². The van der Waals surface area contributed by atoms with Crippen molar-refractivity contribution in [2.75, 3.05) is 20.3 Å². The number of methoxy groups -OCH3 is 1. The molecular formula is C14H21NO4S. The zero-order valence-electron chi connectivity index (χ0n) is 12.1. The van der Waals surface area contributed by atoms with Crippen LogP contribution in [0.25, 0.3) is 0 Å². The summed E-state index contributed by atoms with van der Waals surface area (Å²) >= 11 is 0. The van der Waals surface area contributed by atoms with Gasteiger partial charge in [-0.3, -0.25) is 0 Å². The van der Waals surface area contributed by atoms with Gasteiger partial charge in [0.25, 0.3) is 0 Å². The van der Waals surface area contributed by atoms with Gasteiger partial charge in [-0.1, -0.05) is 0 Å². The molecule has 0 bridgehead atoms. The van der Waals surface area contributed by atoms with Crippen LogP contribution in [0.15, 0.2) is 11.0 Å². The van der Waals surface area contributed by atoms with Crippen molar-refractivity contribution in [3.63, 3.8) is 0 Å². The molecule has 6 heteroatoms. The molecule has 1 saturated carbocycles. The van der Waals surface area contributed by atoms with Crippen LogP contribution < -0.4 is 9.46 Å². The van der Waals surface area contributed by atoms with Crippen molar-refractivity contribution >= 4 is 10.0 Å². The number of sulfonamides is 1. The van der Waals surface area contributed by atoms with E-state index in [4.69, 9.17) is 9.84 Å². The van der Waals surface area contributed by atoms with Crippen molar-refractivity contribution in [3.05, 3.63) is 22.8 Å². The van der Waals surface area contributed by atoms with Gasteiger partial charge < -0.3 is 9.84 Å². The molecule has 0 aromatic heterocycles. The molecule has 5 nitrogen and oxygen atoms in total. The van der Waals surface area contributed by atoms with E-state index in [1.807, 2.05) is 6.92 Å². The Morgan fingerprint density at radius 1 is 1.40 bits per heavy atom. The summed E-state index contributed by atoms with van der Waals surface area (Å²) in [6, 6.07) is 1.79. The smallest absolute Gasteiger partial charge is 0.241 e. The Morgan fingerprint density at radius 2 is 2.05 bits per heavy atom. The summed E-state index contributed by atoms with van der Waals surface area (Å²) in [5.74, 6) is 1.17. The van der Waals surface area contributed by atoms with E-state index < -0.39 is 10.0 Å². The lowest BCUT2D eigenvalue weighted by Gasteiger charge is -2.18. The maximum Gasteiger partial charge on any atom is 0.241 e. The van der Waals surface area contributed by atoms with Gasteiger partial charge in [0.2, 0.25) is 10.0 Å². The van der Waals surface area contributed by atoms with E-state index in [9.17, 15) is 8.42 Å². The summed E-state index contributed by atoms with van der Waals surface area (Å²) in [5.41, 5.74) is 2.42. The lowest BCUT2D eigenvalue weighted by Crippen LogP contribution is -2.28. The minimum absolute atomic E-state index is 0.0198. The third kappa shape index (κ3) is 2.82. The third-order valence-corrected chi connectivity index (χ3v) is 5.34. The first-order chi connectivity index (χ1) is 9.42. The lowest BCUT2D eigenvalue weighted by atomic mass is 10.0. The van der Waals surface area contributed by atoms with Gasteiger partial charge in [-0.2, -0.15) is 0 Å². The van der Waals surface area contributed by atoms with Crippen LogP contribution in [-0.4, -0.2) is 33.8 Å². The number of benzene rings is 1. The highest BCUT2D eigenvalue weighted by Gasteiger charge is 2.32. The van der Waals surface area contributed by atoms with E-state index in [1.54, 1.807) is 20.1 Å². The third-order valence-electron chi connectivity index (χ3n) is 3.59. The number of nitrogens with one attached hydrogen (secondary N) is 1. The maximum atomic E-state index is 12.4.